The van der Waals surface area contributed by atoms with Crippen LogP contribution in [0.25, 0.3) is 31.7 Å². The molecule has 0 saturated carbocycles. The van der Waals surface area contributed by atoms with E-state index in [4.69, 9.17) is 9.56 Å². The molecular formula is C21H17NO4S2. The van der Waals surface area contributed by atoms with Gasteiger partial charge in [0, 0.05) is 20.5 Å². The van der Waals surface area contributed by atoms with E-state index in [0.717, 1.165) is 26.5 Å². The van der Waals surface area contributed by atoms with Crippen molar-refractivity contribution in [3.8, 4) is 21.6 Å². The second-order valence-electron chi connectivity index (χ2n) is 6.53. The predicted octanol–water partition coefficient (Wildman–Crippen LogP) is 4.45. The van der Waals surface area contributed by atoms with Gasteiger partial charge in [0.1, 0.15) is 11.5 Å². The molecule has 2 aromatic carbocycles. The summed E-state index contributed by atoms with van der Waals surface area (Å²) in [4.78, 5) is 14.1. The first-order valence-corrected chi connectivity index (χ1v) is 10.9. The average Bonchev–Trinajstić information content (AvgIpc) is 2.99. The number of hydrogen-bond acceptors (Lipinski definition) is 5. The number of benzene rings is 2. The molecule has 5 nitrogen and oxygen atoms in total. The first-order valence-electron chi connectivity index (χ1n) is 8.52. The highest BCUT2D eigenvalue weighted by Crippen LogP contribution is 2.39. The van der Waals surface area contributed by atoms with Gasteiger partial charge in [0.2, 0.25) is 10.0 Å². The zero-order valence-corrected chi connectivity index (χ0v) is 16.9. The van der Waals surface area contributed by atoms with E-state index in [1.807, 2.05) is 44.2 Å². The Morgan fingerprint density at radius 1 is 1.00 bits per heavy atom. The van der Waals surface area contributed by atoms with Crippen molar-refractivity contribution in [3.63, 3.8) is 0 Å². The van der Waals surface area contributed by atoms with Gasteiger partial charge in [0.15, 0.2) is 5.43 Å². The summed E-state index contributed by atoms with van der Waals surface area (Å²) in [6.07, 6.45) is 0. The number of furan rings is 1. The van der Waals surface area contributed by atoms with Crippen molar-refractivity contribution in [2.24, 2.45) is 5.14 Å². The van der Waals surface area contributed by atoms with Crippen molar-refractivity contribution >= 4 is 31.4 Å². The van der Waals surface area contributed by atoms with Crippen LogP contribution in [-0.2, 0) is 10.0 Å². The van der Waals surface area contributed by atoms with Crippen LogP contribution < -0.4 is 10.6 Å². The smallest absolute Gasteiger partial charge is 0.238 e. The minimum atomic E-state index is -3.78. The molecule has 0 aliphatic rings. The lowest BCUT2D eigenvalue weighted by Crippen LogP contribution is -2.11. The van der Waals surface area contributed by atoms with Crippen molar-refractivity contribution < 1.29 is 12.8 Å². The van der Waals surface area contributed by atoms with E-state index in [2.05, 4.69) is 0 Å². The number of fused-ring (bicyclic) bond motifs is 1. The minimum absolute atomic E-state index is 0.0290. The standard InChI is InChI=1S/C21H17NO4S2/c1-12-11-17(13(2)26-12)19-20(23)16-5-3-4-6-18(16)27-21(19)14-7-9-15(10-8-14)28(22,24)25/h3-11H,1-2H3,(H2,22,24,25). The largest absolute Gasteiger partial charge is 0.466 e. The maximum Gasteiger partial charge on any atom is 0.238 e. The summed E-state index contributed by atoms with van der Waals surface area (Å²) in [6.45, 7) is 3.67. The average molecular weight is 412 g/mol. The molecule has 4 aromatic rings. The first kappa shape index (κ1) is 18.6. The van der Waals surface area contributed by atoms with Crippen LogP contribution in [0.1, 0.15) is 11.5 Å². The lowest BCUT2D eigenvalue weighted by atomic mass is 10.0. The number of sulfonamides is 1. The molecule has 0 atom stereocenters. The van der Waals surface area contributed by atoms with Gasteiger partial charge in [0.05, 0.1) is 10.5 Å². The summed E-state index contributed by atoms with van der Waals surface area (Å²) in [6, 6.07) is 15.6. The normalized spacial score (nSPS) is 11.8. The molecule has 0 bridgehead atoms. The van der Waals surface area contributed by atoms with E-state index in [1.165, 1.54) is 23.5 Å². The van der Waals surface area contributed by atoms with Crippen LogP contribution >= 0.6 is 11.3 Å². The summed E-state index contributed by atoms with van der Waals surface area (Å²) in [5.41, 5.74) is 1.97. The number of rotatable bonds is 3. The molecule has 28 heavy (non-hydrogen) atoms. The maximum atomic E-state index is 13.4. The maximum absolute atomic E-state index is 13.4. The highest BCUT2D eigenvalue weighted by Gasteiger charge is 2.20. The Hall–Kier alpha value is -2.74. The number of nitrogens with two attached hydrogens (primary N) is 1. The van der Waals surface area contributed by atoms with Crippen molar-refractivity contribution in [2.45, 2.75) is 18.7 Å². The van der Waals surface area contributed by atoms with Gasteiger partial charge in [-0.15, -0.1) is 11.3 Å². The number of primary sulfonamides is 1. The molecular weight excluding hydrogens is 394 g/mol. The zero-order chi connectivity index (χ0) is 20.1. The lowest BCUT2D eigenvalue weighted by molar-refractivity contribution is 0.505. The highest BCUT2D eigenvalue weighted by molar-refractivity contribution is 7.89. The number of aryl methyl sites for hydroxylation is 2. The van der Waals surface area contributed by atoms with E-state index < -0.39 is 10.0 Å². The molecule has 0 aliphatic heterocycles. The van der Waals surface area contributed by atoms with Gasteiger partial charge in [0.25, 0.3) is 0 Å². The molecule has 7 heteroatoms. The Labute approximate surface area is 166 Å². The van der Waals surface area contributed by atoms with E-state index >= 15 is 0 Å². The third kappa shape index (κ3) is 3.17. The van der Waals surface area contributed by atoms with Gasteiger partial charge in [-0.3, -0.25) is 4.79 Å². The van der Waals surface area contributed by atoms with Gasteiger partial charge in [-0.25, -0.2) is 13.6 Å². The van der Waals surface area contributed by atoms with Crippen LogP contribution in [0.3, 0.4) is 0 Å². The highest BCUT2D eigenvalue weighted by atomic mass is 32.2. The molecule has 0 radical (unpaired) electrons. The van der Waals surface area contributed by atoms with Gasteiger partial charge in [-0.1, -0.05) is 24.3 Å². The van der Waals surface area contributed by atoms with E-state index in [1.54, 1.807) is 12.1 Å². The molecule has 0 spiro atoms. The van der Waals surface area contributed by atoms with Gasteiger partial charge in [-0.2, -0.15) is 0 Å². The second-order valence-corrected chi connectivity index (χ2v) is 9.14. The summed E-state index contributed by atoms with van der Waals surface area (Å²) >= 11 is 1.48. The van der Waals surface area contributed by atoms with Crippen LogP contribution in [0, 0.1) is 13.8 Å². The van der Waals surface area contributed by atoms with Crippen molar-refractivity contribution in [1.82, 2.24) is 0 Å². The van der Waals surface area contributed by atoms with E-state index in [0.29, 0.717) is 16.7 Å². The van der Waals surface area contributed by atoms with E-state index in [-0.39, 0.29) is 10.3 Å². The van der Waals surface area contributed by atoms with Crippen LogP contribution in [0.5, 0.6) is 0 Å². The summed E-state index contributed by atoms with van der Waals surface area (Å²) in [5.74, 6) is 1.39. The van der Waals surface area contributed by atoms with Gasteiger partial charge in [-0.05, 0) is 49.7 Å². The number of hydrogen-bond donors (Lipinski definition) is 1. The Balaban J connectivity index is 2.06. The third-order valence-electron chi connectivity index (χ3n) is 4.55. The predicted molar refractivity (Wildman–Crippen MR) is 112 cm³/mol. The second kappa shape index (κ2) is 6.70. The zero-order valence-electron chi connectivity index (χ0n) is 15.2. The van der Waals surface area contributed by atoms with Crippen molar-refractivity contribution in [2.75, 3.05) is 0 Å². The Kier molecular flexibility index (Phi) is 4.45. The molecule has 0 amide bonds. The fourth-order valence-corrected chi connectivity index (χ4v) is 4.98. The molecule has 2 N–H and O–H groups in total. The van der Waals surface area contributed by atoms with Crippen molar-refractivity contribution in [3.05, 3.63) is 76.3 Å². The topological polar surface area (TPSA) is 90.4 Å². The van der Waals surface area contributed by atoms with Gasteiger partial charge >= 0.3 is 0 Å². The molecule has 142 valence electrons. The molecule has 0 fully saturated rings. The summed E-state index contributed by atoms with van der Waals surface area (Å²) in [7, 11) is -3.78. The minimum Gasteiger partial charge on any atom is -0.466 e. The molecule has 0 saturated heterocycles. The Morgan fingerprint density at radius 3 is 2.29 bits per heavy atom. The fourth-order valence-electron chi connectivity index (χ4n) is 3.26. The molecule has 4 rings (SSSR count). The quantitative estimate of drug-likeness (QED) is 0.539. The Bertz CT molecular complexity index is 1360. The third-order valence-corrected chi connectivity index (χ3v) is 6.70. The lowest BCUT2D eigenvalue weighted by Gasteiger charge is -2.10. The SMILES string of the molecule is Cc1cc(-c2c(-c3ccc(S(N)(=O)=O)cc3)sc3ccccc3c2=O)c(C)o1. The van der Waals surface area contributed by atoms with E-state index in [9.17, 15) is 13.2 Å². The summed E-state index contributed by atoms with van der Waals surface area (Å²) in [5, 5.41) is 5.84. The van der Waals surface area contributed by atoms with Crippen LogP contribution in [0.4, 0.5) is 0 Å². The monoisotopic (exact) mass is 411 g/mol. The van der Waals surface area contributed by atoms with Crippen LogP contribution in [0.2, 0.25) is 0 Å². The summed E-state index contributed by atoms with van der Waals surface area (Å²) < 4.78 is 29.6. The van der Waals surface area contributed by atoms with Crippen LogP contribution in [-0.4, -0.2) is 8.42 Å². The molecule has 2 heterocycles. The molecule has 0 unspecified atom stereocenters. The van der Waals surface area contributed by atoms with Crippen LogP contribution in [0.15, 0.2) is 68.7 Å². The van der Waals surface area contributed by atoms with Gasteiger partial charge < -0.3 is 4.42 Å². The van der Waals surface area contributed by atoms with Crippen molar-refractivity contribution in [1.29, 1.82) is 0 Å². The first-order chi connectivity index (χ1) is 13.3. The molecule has 0 aliphatic carbocycles. The molecule has 2 aromatic heterocycles. The Morgan fingerprint density at radius 2 is 1.68 bits per heavy atom. The fraction of sp³-hybridized carbons (Fsp3) is 0.0952.